The molecule has 0 aliphatic heterocycles. The quantitative estimate of drug-likeness (QED) is 0.182. The molecule has 3 nitrogen and oxygen atoms in total. The number of rotatable bonds is 4. The first-order chi connectivity index (χ1) is 26.8. The van der Waals surface area contributed by atoms with Crippen LogP contribution >= 0.6 is 11.3 Å². The van der Waals surface area contributed by atoms with Gasteiger partial charge in [-0.3, -0.25) is 0 Å². The Labute approximate surface area is 314 Å². The first kappa shape index (κ1) is 29.7. The predicted octanol–water partition coefficient (Wildman–Crippen LogP) is 14.8. The van der Waals surface area contributed by atoms with Gasteiger partial charge in [0.15, 0.2) is 0 Å². The van der Waals surface area contributed by atoms with Crippen molar-refractivity contribution in [2.45, 2.75) is 0 Å². The van der Waals surface area contributed by atoms with Crippen molar-refractivity contribution >= 4 is 114 Å². The third kappa shape index (κ3) is 4.29. The Hall–Kier alpha value is -6.88. The summed E-state index contributed by atoms with van der Waals surface area (Å²) in [6.07, 6.45) is 0. The van der Waals surface area contributed by atoms with Gasteiger partial charge >= 0.3 is 0 Å². The van der Waals surface area contributed by atoms with Crippen molar-refractivity contribution in [3.8, 4) is 5.69 Å². The van der Waals surface area contributed by atoms with Crippen LogP contribution in [0.1, 0.15) is 0 Å². The standard InChI is InChI=1S/C50H30N2OS/c1-2-12-33(13-3-1)52-45-17-9-8-16-39(45)40-25-20-34(28-46(40)52)51(35-21-26-41-43-23-18-31-10-4-6-14-37(31)49(43)53-47(41)29-35)36-22-27-42-44-24-19-32-11-5-7-15-38(32)50(44)54-48(42)30-36/h1-30H. The average molecular weight is 707 g/mol. The molecule has 0 bridgehead atoms. The average Bonchev–Trinajstić information content (AvgIpc) is 3.90. The lowest BCUT2D eigenvalue weighted by Gasteiger charge is -2.26. The number of para-hydroxylation sites is 2. The van der Waals surface area contributed by atoms with Gasteiger partial charge in [-0.25, -0.2) is 0 Å². The van der Waals surface area contributed by atoms with E-state index in [9.17, 15) is 0 Å². The maximum Gasteiger partial charge on any atom is 0.143 e. The minimum Gasteiger partial charge on any atom is -0.455 e. The van der Waals surface area contributed by atoms with E-state index in [2.05, 4.69) is 191 Å². The summed E-state index contributed by atoms with van der Waals surface area (Å²) in [4.78, 5) is 2.39. The molecule has 4 heteroatoms. The van der Waals surface area contributed by atoms with Gasteiger partial charge in [-0.05, 0) is 76.8 Å². The molecular weight excluding hydrogens is 677 g/mol. The highest BCUT2D eigenvalue weighted by molar-refractivity contribution is 7.26. The Morgan fingerprint density at radius 2 is 1.00 bits per heavy atom. The minimum absolute atomic E-state index is 0.873. The molecule has 0 N–H and O–H groups in total. The van der Waals surface area contributed by atoms with Crippen LogP contribution in [0.15, 0.2) is 186 Å². The number of nitrogens with zero attached hydrogens (tertiary/aromatic N) is 2. The molecule has 0 spiro atoms. The summed E-state index contributed by atoms with van der Waals surface area (Å²) in [6, 6.07) is 66.0. The van der Waals surface area contributed by atoms with E-state index in [0.717, 1.165) is 55.6 Å². The summed E-state index contributed by atoms with van der Waals surface area (Å²) in [6.45, 7) is 0. The molecule has 0 unspecified atom stereocenters. The topological polar surface area (TPSA) is 21.3 Å². The first-order valence-corrected chi connectivity index (χ1v) is 19.2. The fourth-order valence-corrected chi connectivity index (χ4v) is 9.94. The van der Waals surface area contributed by atoms with Crippen LogP contribution in [0.5, 0.6) is 0 Å². The summed E-state index contributed by atoms with van der Waals surface area (Å²) in [7, 11) is 0. The largest absolute Gasteiger partial charge is 0.455 e. The Balaban J connectivity index is 1.12. The van der Waals surface area contributed by atoms with E-state index < -0.39 is 0 Å². The maximum absolute atomic E-state index is 6.74. The molecule has 0 saturated carbocycles. The van der Waals surface area contributed by atoms with E-state index in [1.807, 2.05) is 11.3 Å². The molecule has 0 aliphatic carbocycles. The molecule has 3 heterocycles. The lowest BCUT2D eigenvalue weighted by atomic mass is 10.0. The highest BCUT2D eigenvalue weighted by atomic mass is 32.1. The second-order valence-electron chi connectivity index (χ2n) is 14.1. The van der Waals surface area contributed by atoms with E-state index in [1.54, 1.807) is 0 Å². The van der Waals surface area contributed by atoms with E-state index >= 15 is 0 Å². The number of anilines is 3. The van der Waals surface area contributed by atoms with Crippen molar-refractivity contribution in [2.24, 2.45) is 0 Å². The fourth-order valence-electron chi connectivity index (χ4n) is 8.66. The Morgan fingerprint density at radius 1 is 0.407 bits per heavy atom. The number of hydrogen-bond acceptors (Lipinski definition) is 3. The molecule has 12 aromatic rings. The first-order valence-electron chi connectivity index (χ1n) is 18.3. The van der Waals surface area contributed by atoms with Gasteiger partial charge in [0.1, 0.15) is 11.2 Å². The zero-order chi connectivity index (χ0) is 35.3. The summed E-state index contributed by atoms with van der Waals surface area (Å²) < 4.78 is 11.7. The predicted molar refractivity (Wildman–Crippen MR) is 231 cm³/mol. The van der Waals surface area contributed by atoms with Crippen molar-refractivity contribution in [1.29, 1.82) is 0 Å². The number of hydrogen-bond donors (Lipinski definition) is 0. The smallest absolute Gasteiger partial charge is 0.143 e. The molecule has 0 aliphatic rings. The highest BCUT2D eigenvalue weighted by Crippen LogP contribution is 2.45. The van der Waals surface area contributed by atoms with Gasteiger partial charge in [0, 0.05) is 75.9 Å². The van der Waals surface area contributed by atoms with Gasteiger partial charge in [-0.1, -0.05) is 115 Å². The van der Waals surface area contributed by atoms with E-state index in [0.29, 0.717) is 0 Å². The van der Waals surface area contributed by atoms with Crippen molar-refractivity contribution < 1.29 is 4.42 Å². The van der Waals surface area contributed by atoms with Crippen LogP contribution in [0.25, 0.3) is 91.1 Å². The Kier molecular flexibility index (Phi) is 6.21. The Bertz CT molecular complexity index is 3310. The summed E-state index contributed by atoms with van der Waals surface area (Å²) >= 11 is 1.88. The van der Waals surface area contributed by atoms with Crippen LogP contribution < -0.4 is 4.90 Å². The lowest BCUT2D eigenvalue weighted by molar-refractivity contribution is 0.672. The van der Waals surface area contributed by atoms with Gasteiger partial charge in [-0.2, -0.15) is 0 Å². The van der Waals surface area contributed by atoms with E-state index in [-0.39, 0.29) is 0 Å². The van der Waals surface area contributed by atoms with Gasteiger partial charge in [-0.15, -0.1) is 11.3 Å². The number of thiophene rings is 1. The van der Waals surface area contributed by atoms with Gasteiger partial charge in [0.2, 0.25) is 0 Å². The van der Waals surface area contributed by atoms with Crippen LogP contribution in [0.4, 0.5) is 17.1 Å². The third-order valence-corrected chi connectivity index (χ3v) is 12.3. The van der Waals surface area contributed by atoms with Gasteiger partial charge in [0.25, 0.3) is 0 Å². The van der Waals surface area contributed by atoms with Crippen molar-refractivity contribution in [3.63, 3.8) is 0 Å². The zero-order valence-corrected chi connectivity index (χ0v) is 29.8. The molecule has 0 radical (unpaired) electrons. The molecule has 9 aromatic carbocycles. The molecule has 0 atom stereocenters. The summed E-state index contributed by atoms with van der Waals surface area (Å²) in [5, 5.41) is 12.2. The van der Waals surface area contributed by atoms with Gasteiger partial charge < -0.3 is 13.9 Å². The van der Waals surface area contributed by atoms with E-state index in [1.165, 1.54) is 52.6 Å². The molecule has 0 amide bonds. The second-order valence-corrected chi connectivity index (χ2v) is 15.2. The van der Waals surface area contributed by atoms with Crippen LogP contribution in [0.3, 0.4) is 0 Å². The maximum atomic E-state index is 6.74. The van der Waals surface area contributed by atoms with Crippen LogP contribution in [0, 0.1) is 0 Å². The summed E-state index contributed by atoms with van der Waals surface area (Å²) in [5.41, 5.74) is 8.51. The van der Waals surface area contributed by atoms with Crippen LogP contribution in [-0.4, -0.2) is 4.57 Å². The number of furan rings is 1. The van der Waals surface area contributed by atoms with Crippen molar-refractivity contribution in [2.75, 3.05) is 4.90 Å². The van der Waals surface area contributed by atoms with Gasteiger partial charge in [0.05, 0.1) is 11.0 Å². The number of aromatic nitrogens is 1. The molecule has 3 aromatic heterocycles. The molecule has 54 heavy (non-hydrogen) atoms. The number of fused-ring (bicyclic) bond motifs is 13. The minimum atomic E-state index is 0.873. The van der Waals surface area contributed by atoms with Crippen molar-refractivity contribution in [1.82, 2.24) is 4.57 Å². The lowest BCUT2D eigenvalue weighted by Crippen LogP contribution is -2.10. The highest BCUT2D eigenvalue weighted by Gasteiger charge is 2.20. The molecule has 252 valence electrons. The number of benzene rings is 9. The SMILES string of the molecule is c1ccc(-n2c3ccccc3c3ccc(N(c4ccc5c(c4)oc4c6ccccc6ccc54)c4ccc5c(c4)sc4c6ccccc6ccc54)cc32)cc1. The monoisotopic (exact) mass is 706 g/mol. The third-order valence-electron chi connectivity index (χ3n) is 11.1. The molecule has 0 saturated heterocycles. The molecule has 12 rings (SSSR count). The van der Waals surface area contributed by atoms with Crippen LogP contribution in [0.2, 0.25) is 0 Å². The summed E-state index contributed by atoms with van der Waals surface area (Å²) in [5.74, 6) is 0. The zero-order valence-electron chi connectivity index (χ0n) is 29.0. The normalized spacial score (nSPS) is 12.1. The Morgan fingerprint density at radius 3 is 1.83 bits per heavy atom. The van der Waals surface area contributed by atoms with E-state index in [4.69, 9.17) is 4.42 Å². The molecular formula is C50H30N2OS. The fraction of sp³-hybridized carbons (Fsp3) is 0. The van der Waals surface area contributed by atoms with Crippen molar-refractivity contribution in [3.05, 3.63) is 182 Å². The molecule has 0 fully saturated rings. The second kappa shape index (κ2) is 11.3. The van der Waals surface area contributed by atoms with Crippen LogP contribution in [-0.2, 0) is 0 Å².